The first-order valence-electron chi connectivity index (χ1n) is 10.3. The summed E-state index contributed by atoms with van der Waals surface area (Å²) >= 11 is 12.2. The Labute approximate surface area is 185 Å². The second-order valence-electron chi connectivity index (χ2n) is 8.03. The van der Waals surface area contributed by atoms with Gasteiger partial charge in [-0.15, -0.1) is 0 Å². The zero-order chi connectivity index (χ0) is 20.7. The third kappa shape index (κ3) is 3.83. The van der Waals surface area contributed by atoms with E-state index in [1.807, 2.05) is 24.4 Å². The van der Waals surface area contributed by atoms with Crippen molar-refractivity contribution in [2.75, 3.05) is 29.9 Å². The quantitative estimate of drug-likeness (QED) is 0.566. The molecule has 30 heavy (non-hydrogen) atoms. The van der Waals surface area contributed by atoms with Crippen molar-refractivity contribution in [3.05, 3.63) is 46.8 Å². The number of hydrogen-bond acceptors (Lipinski definition) is 6. The van der Waals surface area contributed by atoms with Gasteiger partial charge in [-0.1, -0.05) is 23.2 Å². The molecule has 2 aromatic heterocycles. The van der Waals surface area contributed by atoms with E-state index in [9.17, 15) is 5.11 Å². The van der Waals surface area contributed by atoms with Crippen LogP contribution in [-0.4, -0.2) is 62.9 Å². The number of nitrogens with one attached hydrogen (secondary N) is 2. The van der Waals surface area contributed by atoms with Crippen LogP contribution in [0.1, 0.15) is 19.3 Å². The van der Waals surface area contributed by atoms with Crippen LogP contribution < -0.4 is 10.2 Å². The van der Waals surface area contributed by atoms with Gasteiger partial charge in [0.05, 0.1) is 11.4 Å². The van der Waals surface area contributed by atoms with Gasteiger partial charge >= 0.3 is 0 Å². The molecule has 0 amide bonds. The molecule has 3 atom stereocenters. The summed E-state index contributed by atoms with van der Waals surface area (Å²) in [5.41, 5.74) is 1.69. The Hall–Kier alpha value is -2.06. The smallest absolute Gasteiger partial charge is 0.142 e. The summed E-state index contributed by atoms with van der Waals surface area (Å²) in [6.45, 7) is 2.64. The monoisotopic (exact) mass is 446 g/mol. The summed E-state index contributed by atoms with van der Waals surface area (Å²) in [5, 5.41) is 16.7. The van der Waals surface area contributed by atoms with Crippen LogP contribution in [0, 0.1) is 0 Å². The fourth-order valence-electron chi connectivity index (χ4n) is 4.73. The highest BCUT2D eigenvalue weighted by Gasteiger charge is 2.38. The fraction of sp³-hybridized carbons (Fsp3) is 0.429. The molecule has 0 spiro atoms. The molecule has 0 saturated carbocycles. The first kappa shape index (κ1) is 19.9. The maximum atomic E-state index is 11.0. The van der Waals surface area contributed by atoms with Gasteiger partial charge in [-0.05, 0) is 43.5 Å². The van der Waals surface area contributed by atoms with E-state index in [1.54, 1.807) is 12.4 Å². The second-order valence-corrected chi connectivity index (χ2v) is 8.90. The minimum absolute atomic E-state index is 0.0645. The van der Waals surface area contributed by atoms with Crippen LogP contribution in [-0.2, 0) is 0 Å². The summed E-state index contributed by atoms with van der Waals surface area (Å²) in [7, 11) is 0. The Bertz CT molecular complexity index is 1020. The highest BCUT2D eigenvalue weighted by molar-refractivity contribution is 6.35. The van der Waals surface area contributed by atoms with Gasteiger partial charge in [-0.25, -0.2) is 9.97 Å². The third-order valence-electron chi connectivity index (χ3n) is 6.11. The van der Waals surface area contributed by atoms with Crippen LogP contribution in [0.25, 0.3) is 11.0 Å². The number of aromatic amines is 1. The van der Waals surface area contributed by atoms with Crippen molar-refractivity contribution in [1.82, 2.24) is 19.9 Å². The maximum Gasteiger partial charge on any atom is 0.142 e. The highest BCUT2D eigenvalue weighted by Crippen LogP contribution is 2.31. The summed E-state index contributed by atoms with van der Waals surface area (Å²) < 4.78 is 0. The molecule has 1 unspecified atom stereocenters. The topological polar surface area (TPSA) is 80.3 Å². The molecule has 3 aromatic rings. The molecule has 9 heteroatoms. The Morgan fingerprint density at radius 3 is 2.77 bits per heavy atom. The van der Waals surface area contributed by atoms with E-state index in [0.29, 0.717) is 10.0 Å². The lowest BCUT2D eigenvalue weighted by atomic mass is 10.0. The maximum absolute atomic E-state index is 11.0. The highest BCUT2D eigenvalue weighted by atomic mass is 35.5. The van der Waals surface area contributed by atoms with E-state index in [-0.39, 0.29) is 12.1 Å². The van der Waals surface area contributed by atoms with Gasteiger partial charge in [0.25, 0.3) is 0 Å². The number of piperidine rings is 1. The normalized spacial score (nSPS) is 25.2. The Kier molecular flexibility index (Phi) is 5.45. The number of aliphatic hydroxyl groups is 1. The lowest BCUT2D eigenvalue weighted by Crippen LogP contribution is -2.52. The van der Waals surface area contributed by atoms with E-state index >= 15 is 0 Å². The average Bonchev–Trinajstić information content (AvgIpc) is 3.34. The second kappa shape index (κ2) is 8.23. The molecule has 0 radical (unpaired) electrons. The number of aliphatic hydroxyl groups excluding tert-OH is 1. The molecule has 158 valence electrons. The molecule has 2 aliphatic heterocycles. The Morgan fingerprint density at radius 2 is 1.93 bits per heavy atom. The summed E-state index contributed by atoms with van der Waals surface area (Å²) in [6.07, 6.45) is 5.92. The third-order valence-corrected chi connectivity index (χ3v) is 6.55. The predicted molar refractivity (Wildman–Crippen MR) is 120 cm³/mol. The molecule has 0 bridgehead atoms. The number of hydrogen-bond donors (Lipinski definition) is 3. The molecule has 0 aliphatic carbocycles. The summed E-state index contributed by atoms with van der Waals surface area (Å²) in [4.78, 5) is 16.5. The van der Waals surface area contributed by atoms with Crippen molar-refractivity contribution in [3.63, 3.8) is 0 Å². The van der Waals surface area contributed by atoms with Crippen LogP contribution in [0.15, 0.2) is 36.8 Å². The van der Waals surface area contributed by atoms with Crippen molar-refractivity contribution in [1.29, 1.82) is 0 Å². The van der Waals surface area contributed by atoms with Gasteiger partial charge in [0.2, 0.25) is 0 Å². The van der Waals surface area contributed by atoms with Crippen LogP contribution in [0.4, 0.5) is 11.5 Å². The number of anilines is 2. The standard InChI is InChI=1S/C21H24Cl2N6O/c22-13-8-14(23)10-15(9-13)27-18-4-7-29(21(18)30)16-2-1-6-28(11-16)20-17-3-5-24-19(17)25-12-26-20/h3,5,8-10,12,16,18,21,27,30H,1-2,4,6-7,11H2,(H,24,25,26)/t16-,18+,21?/m1/s1. The number of halogens is 2. The lowest BCUT2D eigenvalue weighted by molar-refractivity contribution is -0.000483. The van der Waals surface area contributed by atoms with Crippen molar-refractivity contribution >= 4 is 45.7 Å². The lowest BCUT2D eigenvalue weighted by Gasteiger charge is -2.40. The van der Waals surface area contributed by atoms with E-state index in [4.69, 9.17) is 23.2 Å². The minimum atomic E-state index is -0.564. The number of fused-ring (bicyclic) bond motifs is 1. The van der Waals surface area contributed by atoms with Crippen molar-refractivity contribution in [3.8, 4) is 0 Å². The predicted octanol–water partition coefficient (Wildman–Crippen LogP) is 3.74. The SMILES string of the molecule is OC1[C@@H](Nc2cc(Cl)cc(Cl)c2)CCN1[C@@H]1CCCN(c2ncnc3[nH]ccc23)C1. The van der Waals surface area contributed by atoms with Crippen LogP contribution in [0.5, 0.6) is 0 Å². The fourth-order valence-corrected chi connectivity index (χ4v) is 5.25. The van der Waals surface area contributed by atoms with E-state index in [0.717, 1.165) is 61.4 Å². The number of rotatable bonds is 4. The first-order valence-corrected chi connectivity index (χ1v) is 11.0. The molecule has 2 saturated heterocycles. The largest absolute Gasteiger partial charge is 0.378 e. The zero-order valence-corrected chi connectivity index (χ0v) is 17.9. The van der Waals surface area contributed by atoms with Gasteiger partial charge in [-0.3, -0.25) is 4.90 Å². The van der Waals surface area contributed by atoms with Crippen molar-refractivity contribution in [2.24, 2.45) is 0 Å². The van der Waals surface area contributed by atoms with Crippen molar-refractivity contribution in [2.45, 2.75) is 37.6 Å². The Morgan fingerprint density at radius 1 is 1.10 bits per heavy atom. The number of aromatic nitrogens is 3. The van der Waals surface area contributed by atoms with Gasteiger partial charge in [0.1, 0.15) is 24.0 Å². The van der Waals surface area contributed by atoms with E-state index in [2.05, 4.69) is 30.1 Å². The number of H-pyrrole nitrogens is 1. The Balaban J connectivity index is 1.29. The first-order chi connectivity index (χ1) is 14.6. The average molecular weight is 447 g/mol. The zero-order valence-electron chi connectivity index (χ0n) is 16.4. The summed E-state index contributed by atoms with van der Waals surface area (Å²) in [5.74, 6) is 0.961. The van der Waals surface area contributed by atoms with Crippen LogP contribution in [0.3, 0.4) is 0 Å². The number of nitrogens with zero attached hydrogens (tertiary/aromatic N) is 4. The molecular formula is C21H24Cl2N6O. The molecule has 3 N–H and O–H groups in total. The van der Waals surface area contributed by atoms with E-state index in [1.165, 1.54) is 0 Å². The van der Waals surface area contributed by atoms with E-state index < -0.39 is 6.23 Å². The molecule has 1 aromatic carbocycles. The minimum Gasteiger partial charge on any atom is -0.378 e. The van der Waals surface area contributed by atoms with Gasteiger partial charge in [0, 0.05) is 47.6 Å². The van der Waals surface area contributed by atoms with Crippen molar-refractivity contribution < 1.29 is 5.11 Å². The molecule has 2 aliphatic rings. The van der Waals surface area contributed by atoms with Gasteiger partial charge in [0.15, 0.2) is 0 Å². The molecule has 7 nitrogen and oxygen atoms in total. The molecule has 5 rings (SSSR count). The number of benzene rings is 1. The van der Waals surface area contributed by atoms with Crippen LogP contribution in [0.2, 0.25) is 10.0 Å². The molecule has 2 fully saturated rings. The molecule has 4 heterocycles. The summed E-state index contributed by atoms with van der Waals surface area (Å²) in [6, 6.07) is 7.61. The van der Waals surface area contributed by atoms with Gasteiger partial charge in [-0.2, -0.15) is 0 Å². The molecular weight excluding hydrogens is 423 g/mol. The van der Waals surface area contributed by atoms with Crippen LogP contribution >= 0.6 is 23.2 Å². The number of likely N-dealkylation sites (tertiary alicyclic amines) is 1. The van der Waals surface area contributed by atoms with Gasteiger partial charge < -0.3 is 20.3 Å².